The molecule has 2 atom stereocenters. The van der Waals surface area contributed by atoms with Gasteiger partial charge in [-0.05, 0) is 32.2 Å². The highest BCUT2D eigenvalue weighted by Gasteiger charge is 2.42. The SMILES string of the molecule is CCN1CCOC(C(=O)C2CCOC3(CCCCC3)C2)C1. The first-order chi connectivity index (χ1) is 10.2. The average Bonchev–Trinajstić information content (AvgIpc) is 2.55. The lowest BCUT2D eigenvalue weighted by Crippen LogP contribution is -2.50. The monoisotopic (exact) mass is 295 g/mol. The molecule has 2 aliphatic heterocycles. The smallest absolute Gasteiger partial charge is 0.166 e. The molecule has 1 saturated carbocycles. The van der Waals surface area contributed by atoms with Crippen LogP contribution in [-0.4, -0.2) is 55.2 Å². The van der Waals surface area contributed by atoms with Gasteiger partial charge < -0.3 is 9.47 Å². The number of morpholine rings is 1. The lowest BCUT2D eigenvalue weighted by atomic mass is 9.74. The van der Waals surface area contributed by atoms with Crippen molar-refractivity contribution in [3.05, 3.63) is 0 Å². The van der Waals surface area contributed by atoms with Gasteiger partial charge >= 0.3 is 0 Å². The van der Waals surface area contributed by atoms with Crippen LogP contribution in [-0.2, 0) is 14.3 Å². The summed E-state index contributed by atoms with van der Waals surface area (Å²) in [5.41, 5.74) is 0.00986. The Labute approximate surface area is 128 Å². The Morgan fingerprint density at radius 1 is 1.24 bits per heavy atom. The van der Waals surface area contributed by atoms with Gasteiger partial charge in [0, 0.05) is 25.6 Å². The molecular weight excluding hydrogens is 266 g/mol. The first-order valence-corrected chi connectivity index (χ1v) is 8.74. The number of Topliss-reactive ketones (excluding diaryl/α,β-unsaturated/α-hetero) is 1. The summed E-state index contributed by atoms with van der Waals surface area (Å²) in [5, 5.41) is 0. The summed E-state index contributed by atoms with van der Waals surface area (Å²) in [7, 11) is 0. The number of ether oxygens (including phenoxy) is 2. The topological polar surface area (TPSA) is 38.8 Å². The highest BCUT2D eigenvalue weighted by Crippen LogP contribution is 2.41. The van der Waals surface area contributed by atoms with Crippen LogP contribution in [0.2, 0.25) is 0 Å². The molecule has 0 aromatic heterocycles. The highest BCUT2D eigenvalue weighted by molar-refractivity contribution is 5.86. The number of carbonyl (C=O) groups is 1. The third-order valence-electron chi connectivity index (χ3n) is 5.58. The van der Waals surface area contributed by atoms with E-state index in [-0.39, 0.29) is 17.6 Å². The van der Waals surface area contributed by atoms with Crippen LogP contribution in [0.1, 0.15) is 51.9 Å². The predicted molar refractivity (Wildman–Crippen MR) is 81.4 cm³/mol. The molecule has 1 aliphatic carbocycles. The van der Waals surface area contributed by atoms with E-state index in [0.717, 1.165) is 51.9 Å². The Morgan fingerprint density at radius 3 is 2.81 bits per heavy atom. The van der Waals surface area contributed by atoms with Gasteiger partial charge in [-0.3, -0.25) is 9.69 Å². The zero-order valence-electron chi connectivity index (χ0n) is 13.3. The fourth-order valence-electron chi connectivity index (χ4n) is 4.24. The van der Waals surface area contributed by atoms with Gasteiger partial charge in [0.25, 0.3) is 0 Å². The van der Waals surface area contributed by atoms with Crippen molar-refractivity contribution in [1.82, 2.24) is 4.90 Å². The van der Waals surface area contributed by atoms with E-state index in [2.05, 4.69) is 11.8 Å². The molecule has 0 radical (unpaired) electrons. The van der Waals surface area contributed by atoms with Gasteiger partial charge in [-0.1, -0.05) is 26.2 Å². The molecule has 2 saturated heterocycles. The standard InChI is InChI=1S/C17H29NO3/c1-2-18-9-11-20-15(13-18)16(19)14-6-10-21-17(12-14)7-4-3-5-8-17/h14-15H,2-13H2,1H3. The van der Waals surface area contributed by atoms with E-state index in [0.29, 0.717) is 12.4 Å². The van der Waals surface area contributed by atoms with E-state index in [1.165, 1.54) is 19.3 Å². The number of likely N-dealkylation sites (N-methyl/N-ethyl adjacent to an activating group) is 1. The van der Waals surface area contributed by atoms with Crippen LogP contribution in [0.25, 0.3) is 0 Å². The van der Waals surface area contributed by atoms with E-state index in [4.69, 9.17) is 9.47 Å². The molecule has 120 valence electrons. The molecule has 4 heteroatoms. The fraction of sp³-hybridized carbons (Fsp3) is 0.941. The number of hydrogen-bond donors (Lipinski definition) is 0. The molecule has 21 heavy (non-hydrogen) atoms. The Kier molecular flexibility index (Phi) is 4.97. The number of hydrogen-bond acceptors (Lipinski definition) is 4. The third kappa shape index (κ3) is 3.49. The molecule has 1 spiro atoms. The second-order valence-corrected chi connectivity index (χ2v) is 6.94. The Bertz CT molecular complexity index is 360. The summed E-state index contributed by atoms with van der Waals surface area (Å²) in [5.74, 6) is 0.486. The predicted octanol–water partition coefficient (Wildman–Crippen LogP) is 2.41. The van der Waals surface area contributed by atoms with Gasteiger partial charge in [0.15, 0.2) is 5.78 Å². The van der Waals surface area contributed by atoms with Crippen molar-refractivity contribution in [2.75, 3.05) is 32.8 Å². The summed E-state index contributed by atoms with van der Waals surface area (Å²) in [6.45, 7) is 6.33. The van der Waals surface area contributed by atoms with Crippen LogP contribution >= 0.6 is 0 Å². The van der Waals surface area contributed by atoms with E-state index in [9.17, 15) is 4.79 Å². The molecule has 2 unspecified atom stereocenters. The minimum absolute atomic E-state index is 0.00986. The fourth-order valence-corrected chi connectivity index (χ4v) is 4.24. The summed E-state index contributed by atoms with van der Waals surface area (Å²) < 4.78 is 11.9. The minimum atomic E-state index is -0.206. The minimum Gasteiger partial charge on any atom is -0.375 e. The first kappa shape index (κ1) is 15.4. The van der Waals surface area contributed by atoms with Crippen molar-refractivity contribution in [3.8, 4) is 0 Å². The third-order valence-corrected chi connectivity index (χ3v) is 5.58. The maximum absolute atomic E-state index is 12.8. The van der Waals surface area contributed by atoms with Crippen molar-refractivity contribution < 1.29 is 14.3 Å². The van der Waals surface area contributed by atoms with Crippen molar-refractivity contribution in [2.45, 2.75) is 63.6 Å². The average molecular weight is 295 g/mol. The van der Waals surface area contributed by atoms with E-state index in [1.807, 2.05) is 0 Å². The summed E-state index contributed by atoms with van der Waals surface area (Å²) in [6, 6.07) is 0. The van der Waals surface area contributed by atoms with Crippen LogP contribution in [0, 0.1) is 5.92 Å². The molecule has 3 rings (SSSR count). The molecule has 0 bridgehead atoms. The Morgan fingerprint density at radius 2 is 2.05 bits per heavy atom. The molecule has 3 aliphatic rings. The second-order valence-electron chi connectivity index (χ2n) is 6.94. The summed E-state index contributed by atoms with van der Waals surface area (Å²) in [4.78, 5) is 15.2. The highest BCUT2D eigenvalue weighted by atomic mass is 16.5. The largest absolute Gasteiger partial charge is 0.375 e. The van der Waals surface area contributed by atoms with Crippen LogP contribution in [0.3, 0.4) is 0 Å². The molecule has 0 amide bonds. The molecule has 4 nitrogen and oxygen atoms in total. The van der Waals surface area contributed by atoms with Gasteiger partial charge in [0.2, 0.25) is 0 Å². The Hall–Kier alpha value is -0.450. The zero-order chi connectivity index (χ0) is 14.7. The van der Waals surface area contributed by atoms with Crippen LogP contribution in [0.5, 0.6) is 0 Å². The summed E-state index contributed by atoms with van der Waals surface area (Å²) in [6.07, 6.45) is 7.72. The van der Waals surface area contributed by atoms with Crippen LogP contribution in [0.4, 0.5) is 0 Å². The van der Waals surface area contributed by atoms with E-state index < -0.39 is 0 Å². The maximum atomic E-state index is 12.8. The zero-order valence-corrected chi connectivity index (χ0v) is 13.3. The molecular formula is C17H29NO3. The number of nitrogens with zero attached hydrogens (tertiary/aromatic N) is 1. The lowest BCUT2D eigenvalue weighted by molar-refractivity contribution is -0.156. The van der Waals surface area contributed by atoms with Crippen molar-refractivity contribution in [3.63, 3.8) is 0 Å². The van der Waals surface area contributed by atoms with Crippen molar-refractivity contribution in [1.29, 1.82) is 0 Å². The van der Waals surface area contributed by atoms with Crippen LogP contribution in [0.15, 0.2) is 0 Å². The van der Waals surface area contributed by atoms with Gasteiger partial charge in [0.1, 0.15) is 6.10 Å². The van der Waals surface area contributed by atoms with Crippen LogP contribution < -0.4 is 0 Å². The molecule has 3 fully saturated rings. The van der Waals surface area contributed by atoms with Gasteiger partial charge in [-0.15, -0.1) is 0 Å². The molecule has 0 aromatic rings. The van der Waals surface area contributed by atoms with Gasteiger partial charge in [-0.2, -0.15) is 0 Å². The van der Waals surface area contributed by atoms with E-state index >= 15 is 0 Å². The van der Waals surface area contributed by atoms with Gasteiger partial charge in [-0.25, -0.2) is 0 Å². The normalized spacial score (nSPS) is 34.0. The number of ketones is 1. The quantitative estimate of drug-likeness (QED) is 0.801. The lowest BCUT2D eigenvalue weighted by Gasteiger charge is -2.44. The number of carbonyl (C=O) groups excluding carboxylic acids is 1. The van der Waals surface area contributed by atoms with Crippen molar-refractivity contribution >= 4 is 5.78 Å². The molecule has 2 heterocycles. The number of rotatable bonds is 3. The maximum Gasteiger partial charge on any atom is 0.166 e. The Balaban J connectivity index is 1.61. The van der Waals surface area contributed by atoms with Gasteiger partial charge in [0.05, 0.1) is 12.2 Å². The van der Waals surface area contributed by atoms with Crippen molar-refractivity contribution in [2.24, 2.45) is 5.92 Å². The second kappa shape index (κ2) is 6.76. The van der Waals surface area contributed by atoms with E-state index in [1.54, 1.807) is 0 Å². The molecule has 0 aromatic carbocycles. The molecule has 0 N–H and O–H groups in total. The summed E-state index contributed by atoms with van der Waals surface area (Å²) >= 11 is 0. The first-order valence-electron chi connectivity index (χ1n) is 8.74.